The highest BCUT2D eigenvalue weighted by atomic mass is 31.2. The first-order valence-electron chi connectivity index (χ1n) is 13.0. The Morgan fingerprint density at radius 3 is 1.14 bits per heavy atom. The quantitative estimate of drug-likeness (QED) is 0.176. The highest BCUT2D eigenvalue weighted by molar-refractivity contribution is 8.08. The minimum Gasteiger partial charge on any atom is -0.326 e. The Hall–Kier alpha value is -2.20. The van der Waals surface area contributed by atoms with Crippen LogP contribution in [-0.2, 0) is 0 Å². The predicted molar refractivity (Wildman–Crippen MR) is 176 cm³/mol. The van der Waals surface area contributed by atoms with Gasteiger partial charge < -0.3 is 9.16 Å². The average Bonchev–Trinajstić information content (AvgIpc) is 2.88. The van der Waals surface area contributed by atoms with E-state index in [4.69, 9.17) is 4.41 Å². The molecule has 0 bridgehead atoms. The normalized spacial score (nSPS) is 12.7. The van der Waals surface area contributed by atoms with E-state index >= 15 is 0 Å². The standard InChI is InChI=1S/C31H40N2P2Si2/c1-36(2,3)32-34(28-19-11-7-12-20-28,29-21-13-8-14-22-29)27-35(33-37(4,5)6,30-23-15-9-16-24-30)31-25-17-10-18-26-31/h7-27,32H,1-6H3. The van der Waals surface area contributed by atoms with Crippen LogP contribution < -0.4 is 26.0 Å². The van der Waals surface area contributed by atoms with Crippen LogP contribution in [0.1, 0.15) is 0 Å². The third-order valence-electron chi connectivity index (χ3n) is 5.94. The van der Waals surface area contributed by atoms with Gasteiger partial charge in [-0.3, -0.25) is 0 Å². The Balaban J connectivity index is 2.30. The molecule has 4 rings (SSSR count). The molecule has 0 radical (unpaired) electrons. The van der Waals surface area contributed by atoms with Crippen molar-refractivity contribution in [2.75, 3.05) is 0 Å². The maximum atomic E-state index is 5.94. The molecule has 192 valence electrons. The van der Waals surface area contributed by atoms with Crippen molar-refractivity contribution in [2.45, 2.75) is 39.3 Å². The first-order valence-corrected chi connectivity index (χ1v) is 23.6. The van der Waals surface area contributed by atoms with E-state index in [1.807, 2.05) is 0 Å². The third kappa shape index (κ3) is 6.63. The summed E-state index contributed by atoms with van der Waals surface area (Å²) < 4.78 is 10.3. The highest BCUT2D eigenvalue weighted by Crippen LogP contribution is 2.55. The van der Waals surface area contributed by atoms with Crippen molar-refractivity contribution < 1.29 is 0 Å². The molecule has 2 nitrogen and oxygen atoms in total. The van der Waals surface area contributed by atoms with Crippen LogP contribution in [0.2, 0.25) is 39.3 Å². The summed E-state index contributed by atoms with van der Waals surface area (Å²) >= 11 is 0. The van der Waals surface area contributed by atoms with E-state index in [0.717, 1.165) is 0 Å². The Kier molecular flexibility index (Phi) is 8.48. The lowest BCUT2D eigenvalue weighted by Gasteiger charge is -2.38. The van der Waals surface area contributed by atoms with Crippen molar-refractivity contribution in [3.8, 4) is 0 Å². The zero-order valence-electron chi connectivity index (χ0n) is 23.0. The van der Waals surface area contributed by atoms with E-state index < -0.39 is 30.6 Å². The SMILES string of the molecule is C[Si](C)(C)N=P(C=P(N[Si](C)(C)C)(c1ccccc1)c1ccccc1)(c1ccccc1)c1ccccc1. The molecular weight excluding hydrogens is 518 g/mol. The second kappa shape index (κ2) is 11.3. The van der Waals surface area contributed by atoms with E-state index in [-0.39, 0.29) is 0 Å². The minimum absolute atomic E-state index is 1.33. The van der Waals surface area contributed by atoms with Crippen LogP contribution in [0.15, 0.2) is 126 Å². The molecule has 0 unspecified atom stereocenters. The number of hydrogen-bond donors (Lipinski definition) is 1. The molecule has 4 aromatic rings. The minimum atomic E-state index is -2.29. The lowest BCUT2D eigenvalue weighted by Crippen LogP contribution is -2.45. The summed E-state index contributed by atoms with van der Waals surface area (Å²) in [7, 11) is -8.12. The number of nitrogens with one attached hydrogen (secondary N) is 1. The molecule has 1 N–H and O–H groups in total. The molecule has 4 aromatic carbocycles. The molecule has 0 heterocycles. The van der Waals surface area contributed by atoms with E-state index in [2.05, 4.69) is 171 Å². The topological polar surface area (TPSA) is 24.4 Å². The van der Waals surface area contributed by atoms with Crippen LogP contribution in [-0.4, -0.2) is 22.0 Å². The van der Waals surface area contributed by atoms with Crippen LogP contribution in [0.25, 0.3) is 0 Å². The van der Waals surface area contributed by atoms with Crippen molar-refractivity contribution in [1.82, 2.24) is 4.75 Å². The molecule has 0 saturated carbocycles. The van der Waals surface area contributed by atoms with Gasteiger partial charge in [-0.25, -0.2) is 0 Å². The number of benzene rings is 4. The van der Waals surface area contributed by atoms with Crippen LogP contribution in [0.5, 0.6) is 0 Å². The summed E-state index contributed by atoms with van der Waals surface area (Å²) in [6.45, 7) is 14.4. The van der Waals surface area contributed by atoms with E-state index in [1.165, 1.54) is 21.2 Å². The van der Waals surface area contributed by atoms with E-state index in [1.54, 1.807) is 0 Å². The molecule has 0 aliphatic carbocycles. The zero-order chi connectivity index (χ0) is 26.6. The summed E-state index contributed by atoms with van der Waals surface area (Å²) in [6.07, 6.45) is 0. The van der Waals surface area contributed by atoms with Crippen LogP contribution in [0, 0.1) is 0 Å². The van der Waals surface area contributed by atoms with Crippen LogP contribution in [0.4, 0.5) is 0 Å². The van der Waals surface area contributed by atoms with Gasteiger partial charge in [0, 0.05) is 14.1 Å². The van der Waals surface area contributed by atoms with Gasteiger partial charge in [0.05, 0.1) is 0 Å². The third-order valence-corrected chi connectivity index (χ3v) is 20.8. The van der Waals surface area contributed by atoms with Gasteiger partial charge in [-0.1, -0.05) is 161 Å². The maximum Gasteiger partial charge on any atom is 0.171 e. The highest BCUT2D eigenvalue weighted by Gasteiger charge is 2.34. The van der Waals surface area contributed by atoms with Gasteiger partial charge in [0.2, 0.25) is 0 Å². The fourth-order valence-corrected chi connectivity index (χ4v) is 23.4. The molecule has 6 heteroatoms. The van der Waals surface area contributed by atoms with Gasteiger partial charge in [-0.05, 0) is 26.8 Å². The Morgan fingerprint density at radius 2 is 0.838 bits per heavy atom. The summed E-state index contributed by atoms with van der Waals surface area (Å²) in [6, 6.07) is 44.5. The molecule has 0 amide bonds. The number of hydrogen-bond acceptors (Lipinski definition) is 2. The number of rotatable bonds is 8. The Bertz CT molecular complexity index is 1320. The zero-order valence-corrected chi connectivity index (χ0v) is 26.8. The summed E-state index contributed by atoms with van der Waals surface area (Å²) in [5, 5.41) is 5.39. The van der Waals surface area contributed by atoms with Crippen molar-refractivity contribution in [3.05, 3.63) is 121 Å². The molecule has 0 fully saturated rings. The number of nitrogens with zero attached hydrogens (tertiary/aromatic N) is 1. The van der Waals surface area contributed by atoms with E-state index in [0.29, 0.717) is 0 Å². The Morgan fingerprint density at radius 1 is 0.514 bits per heavy atom. The van der Waals surface area contributed by atoms with E-state index in [9.17, 15) is 0 Å². The monoisotopic (exact) mass is 558 g/mol. The van der Waals surface area contributed by atoms with Crippen molar-refractivity contribution in [3.63, 3.8) is 0 Å². The maximum absolute atomic E-state index is 5.94. The predicted octanol–water partition coefficient (Wildman–Crippen LogP) is 7.44. The van der Waals surface area contributed by atoms with Crippen LogP contribution >= 0.6 is 14.1 Å². The second-order valence-electron chi connectivity index (χ2n) is 11.5. The first-order chi connectivity index (χ1) is 17.5. The molecule has 0 spiro atoms. The van der Waals surface area contributed by atoms with Gasteiger partial charge in [-0.15, -0.1) is 0 Å². The fourth-order valence-electron chi connectivity index (χ4n) is 4.75. The molecule has 0 aliphatic heterocycles. The molecule has 0 aromatic heterocycles. The first kappa shape index (κ1) is 27.8. The Labute approximate surface area is 226 Å². The lowest BCUT2D eigenvalue weighted by atomic mass is 10.4. The van der Waals surface area contributed by atoms with Gasteiger partial charge in [0.15, 0.2) is 8.24 Å². The van der Waals surface area contributed by atoms with Gasteiger partial charge in [-0.2, -0.15) is 0 Å². The molecular formula is C31H40N2P2Si2. The summed E-state index contributed by atoms with van der Waals surface area (Å²) in [5.74, 6) is 0. The van der Waals surface area contributed by atoms with Gasteiger partial charge in [0.1, 0.15) is 8.24 Å². The fraction of sp³-hybridized carbons (Fsp3) is 0.194. The summed E-state index contributed by atoms with van der Waals surface area (Å²) in [4.78, 5) is 0. The molecule has 0 atom stereocenters. The van der Waals surface area contributed by atoms with Crippen molar-refractivity contribution >= 4 is 57.3 Å². The van der Waals surface area contributed by atoms with Crippen molar-refractivity contribution in [1.29, 1.82) is 0 Å². The van der Waals surface area contributed by atoms with Crippen molar-refractivity contribution in [2.24, 2.45) is 4.41 Å². The van der Waals surface area contributed by atoms with Crippen LogP contribution in [0.3, 0.4) is 0 Å². The molecule has 0 aliphatic rings. The second-order valence-corrected chi connectivity index (χ2v) is 27.8. The smallest absolute Gasteiger partial charge is 0.171 e. The summed E-state index contributed by atoms with van der Waals surface area (Å²) in [5.41, 5.74) is 2.74. The molecule has 37 heavy (non-hydrogen) atoms. The molecule has 0 saturated heterocycles. The average molecular weight is 559 g/mol. The van der Waals surface area contributed by atoms with Gasteiger partial charge >= 0.3 is 0 Å². The van der Waals surface area contributed by atoms with Gasteiger partial charge in [0.25, 0.3) is 0 Å². The largest absolute Gasteiger partial charge is 0.326 e. The lowest BCUT2D eigenvalue weighted by molar-refractivity contribution is 1.43.